The Hall–Kier alpha value is -1.35. The molecule has 104 valence electrons. The molecule has 0 saturated carbocycles. The second-order valence-corrected chi connectivity index (χ2v) is 5.73. The SMILES string of the molecule is CCN(Cc1ccccc1C)C(=O)[C@]1(C)CCNC1. The first-order chi connectivity index (χ1) is 9.07. The summed E-state index contributed by atoms with van der Waals surface area (Å²) >= 11 is 0. The van der Waals surface area contributed by atoms with Crippen LogP contribution in [0, 0.1) is 12.3 Å². The highest BCUT2D eigenvalue weighted by atomic mass is 16.2. The molecule has 0 spiro atoms. The van der Waals surface area contributed by atoms with Crippen molar-refractivity contribution in [2.75, 3.05) is 19.6 Å². The van der Waals surface area contributed by atoms with Crippen LogP contribution in [0.5, 0.6) is 0 Å². The van der Waals surface area contributed by atoms with E-state index >= 15 is 0 Å². The van der Waals surface area contributed by atoms with Crippen LogP contribution in [-0.4, -0.2) is 30.4 Å². The second kappa shape index (κ2) is 5.74. The number of carbonyl (C=O) groups is 1. The molecule has 1 amide bonds. The van der Waals surface area contributed by atoms with Gasteiger partial charge in [-0.3, -0.25) is 4.79 Å². The molecular weight excluding hydrogens is 236 g/mol. The summed E-state index contributed by atoms with van der Waals surface area (Å²) < 4.78 is 0. The summed E-state index contributed by atoms with van der Waals surface area (Å²) in [6, 6.07) is 8.30. The summed E-state index contributed by atoms with van der Waals surface area (Å²) in [7, 11) is 0. The largest absolute Gasteiger partial charge is 0.338 e. The molecule has 3 nitrogen and oxygen atoms in total. The molecule has 1 heterocycles. The zero-order chi connectivity index (χ0) is 13.9. The minimum atomic E-state index is -0.224. The fraction of sp³-hybridized carbons (Fsp3) is 0.562. The Morgan fingerprint density at radius 2 is 2.16 bits per heavy atom. The van der Waals surface area contributed by atoms with Gasteiger partial charge in [0.25, 0.3) is 0 Å². The van der Waals surface area contributed by atoms with Gasteiger partial charge in [0.2, 0.25) is 5.91 Å². The lowest BCUT2D eigenvalue weighted by molar-refractivity contribution is -0.140. The number of hydrogen-bond acceptors (Lipinski definition) is 2. The Morgan fingerprint density at radius 1 is 1.42 bits per heavy atom. The van der Waals surface area contributed by atoms with E-state index in [1.807, 2.05) is 17.0 Å². The van der Waals surface area contributed by atoms with E-state index in [4.69, 9.17) is 0 Å². The predicted molar refractivity (Wildman–Crippen MR) is 77.9 cm³/mol. The number of amides is 1. The average molecular weight is 260 g/mol. The molecule has 0 radical (unpaired) electrons. The number of aryl methyl sites for hydroxylation is 1. The van der Waals surface area contributed by atoms with Crippen LogP contribution in [0.4, 0.5) is 0 Å². The Bertz CT molecular complexity index is 450. The van der Waals surface area contributed by atoms with Gasteiger partial charge in [0.1, 0.15) is 0 Å². The molecule has 19 heavy (non-hydrogen) atoms. The molecule has 0 aromatic heterocycles. The fourth-order valence-electron chi connectivity index (χ4n) is 2.70. The van der Waals surface area contributed by atoms with Gasteiger partial charge in [0, 0.05) is 19.6 Å². The van der Waals surface area contributed by atoms with Gasteiger partial charge in [0.15, 0.2) is 0 Å². The number of benzene rings is 1. The summed E-state index contributed by atoms with van der Waals surface area (Å²) in [5, 5.41) is 3.30. The van der Waals surface area contributed by atoms with Crippen molar-refractivity contribution in [3.05, 3.63) is 35.4 Å². The van der Waals surface area contributed by atoms with Crippen molar-refractivity contribution in [3.8, 4) is 0 Å². The number of nitrogens with zero attached hydrogens (tertiary/aromatic N) is 1. The van der Waals surface area contributed by atoms with Crippen molar-refractivity contribution < 1.29 is 4.79 Å². The lowest BCUT2D eigenvalue weighted by Crippen LogP contribution is -2.43. The molecule has 3 heteroatoms. The van der Waals surface area contributed by atoms with Gasteiger partial charge in [-0.25, -0.2) is 0 Å². The van der Waals surface area contributed by atoms with Crippen molar-refractivity contribution in [3.63, 3.8) is 0 Å². The topological polar surface area (TPSA) is 32.3 Å². The van der Waals surface area contributed by atoms with E-state index in [0.29, 0.717) is 0 Å². The molecule has 1 atom stereocenters. The molecule has 1 aliphatic rings. The summed E-state index contributed by atoms with van der Waals surface area (Å²) in [4.78, 5) is 14.7. The molecule has 1 aromatic rings. The Kier molecular flexibility index (Phi) is 4.25. The normalized spacial score (nSPS) is 22.5. The molecule has 1 N–H and O–H groups in total. The minimum Gasteiger partial charge on any atom is -0.338 e. The number of rotatable bonds is 4. The molecule has 2 rings (SSSR count). The molecule has 0 aliphatic carbocycles. The van der Waals surface area contributed by atoms with E-state index < -0.39 is 0 Å². The first kappa shape index (κ1) is 14.1. The fourth-order valence-corrected chi connectivity index (χ4v) is 2.70. The monoisotopic (exact) mass is 260 g/mol. The van der Waals surface area contributed by atoms with Crippen LogP contribution in [0.3, 0.4) is 0 Å². The zero-order valence-electron chi connectivity index (χ0n) is 12.2. The van der Waals surface area contributed by atoms with Crippen LogP contribution in [0.15, 0.2) is 24.3 Å². The third kappa shape index (κ3) is 2.98. The van der Waals surface area contributed by atoms with Crippen molar-refractivity contribution >= 4 is 5.91 Å². The van der Waals surface area contributed by atoms with Crippen LogP contribution in [-0.2, 0) is 11.3 Å². The molecule has 0 bridgehead atoms. The first-order valence-electron chi connectivity index (χ1n) is 7.11. The van der Waals surface area contributed by atoms with Crippen molar-refractivity contribution in [1.29, 1.82) is 0 Å². The van der Waals surface area contributed by atoms with Gasteiger partial charge in [0.05, 0.1) is 5.41 Å². The summed E-state index contributed by atoms with van der Waals surface area (Å²) in [6.45, 7) is 9.48. The van der Waals surface area contributed by atoms with Gasteiger partial charge in [-0.1, -0.05) is 24.3 Å². The van der Waals surface area contributed by atoms with E-state index in [0.717, 1.165) is 32.6 Å². The Labute approximate surface area is 116 Å². The van der Waals surface area contributed by atoms with Crippen molar-refractivity contribution in [2.45, 2.75) is 33.7 Å². The molecular formula is C16H24N2O. The van der Waals surface area contributed by atoms with Crippen LogP contribution >= 0.6 is 0 Å². The first-order valence-corrected chi connectivity index (χ1v) is 7.11. The maximum Gasteiger partial charge on any atom is 0.230 e. The summed E-state index contributed by atoms with van der Waals surface area (Å²) in [5.74, 6) is 0.281. The Balaban J connectivity index is 2.12. The van der Waals surface area contributed by atoms with Crippen LogP contribution < -0.4 is 5.32 Å². The summed E-state index contributed by atoms with van der Waals surface area (Å²) in [6.07, 6.45) is 0.941. The van der Waals surface area contributed by atoms with Crippen LogP contribution in [0.2, 0.25) is 0 Å². The standard InChI is InChI=1S/C16H24N2O/c1-4-18(11-14-8-6-5-7-13(14)2)15(19)16(3)9-10-17-12-16/h5-8,17H,4,9-12H2,1-3H3/t16-/m1/s1. The van der Waals surface area contributed by atoms with Gasteiger partial charge in [-0.05, 0) is 44.9 Å². The predicted octanol–water partition coefficient (Wildman–Crippen LogP) is 2.34. The third-order valence-electron chi connectivity index (χ3n) is 4.18. The van der Waals surface area contributed by atoms with Gasteiger partial charge in [-0.2, -0.15) is 0 Å². The zero-order valence-corrected chi connectivity index (χ0v) is 12.2. The number of nitrogens with one attached hydrogen (secondary N) is 1. The van der Waals surface area contributed by atoms with Gasteiger partial charge < -0.3 is 10.2 Å². The van der Waals surface area contributed by atoms with Crippen molar-refractivity contribution in [2.24, 2.45) is 5.41 Å². The lowest BCUT2D eigenvalue weighted by Gasteiger charge is -2.31. The smallest absolute Gasteiger partial charge is 0.230 e. The summed E-state index contributed by atoms with van der Waals surface area (Å²) in [5.41, 5.74) is 2.27. The van der Waals surface area contributed by atoms with Crippen molar-refractivity contribution in [1.82, 2.24) is 10.2 Å². The quantitative estimate of drug-likeness (QED) is 0.901. The maximum absolute atomic E-state index is 12.7. The van der Waals surface area contributed by atoms with Gasteiger partial charge >= 0.3 is 0 Å². The average Bonchev–Trinajstić information content (AvgIpc) is 2.85. The number of carbonyl (C=O) groups excluding carboxylic acids is 1. The molecule has 1 saturated heterocycles. The van der Waals surface area contributed by atoms with E-state index in [1.54, 1.807) is 0 Å². The third-order valence-corrected chi connectivity index (χ3v) is 4.18. The van der Waals surface area contributed by atoms with E-state index in [2.05, 4.69) is 38.2 Å². The molecule has 0 unspecified atom stereocenters. The molecule has 1 aromatic carbocycles. The second-order valence-electron chi connectivity index (χ2n) is 5.73. The maximum atomic E-state index is 12.7. The van der Waals surface area contributed by atoms with E-state index in [9.17, 15) is 4.79 Å². The van der Waals surface area contributed by atoms with E-state index in [1.165, 1.54) is 11.1 Å². The molecule has 1 aliphatic heterocycles. The lowest BCUT2D eigenvalue weighted by atomic mass is 9.88. The number of hydrogen-bond donors (Lipinski definition) is 1. The Morgan fingerprint density at radius 3 is 2.74 bits per heavy atom. The highest BCUT2D eigenvalue weighted by Crippen LogP contribution is 2.28. The van der Waals surface area contributed by atoms with Crippen LogP contribution in [0.25, 0.3) is 0 Å². The van der Waals surface area contributed by atoms with Gasteiger partial charge in [-0.15, -0.1) is 0 Å². The highest BCUT2D eigenvalue weighted by Gasteiger charge is 2.38. The highest BCUT2D eigenvalue weighted by molar-refractivity contribution is 5.83. The van der Waals surface area contributed by atoms with E-state index in [-0.39, 0.29) is 11.3 Å². The molecule has 1 fully saturated rings. The minimum absolute atomic E-state index is 0.224. The van der Waals surface area contributed by atoms with Crippen LogP contribution in [0.1, 0.15) is 31.4 Å².